The Bertz CT molecular complexity index is 425. The van der Waals surface area contributed by atoms with Crippen LogP contribution in [0.15, 0.2) is 30.3 Å². The van der Waals surface area contributed by atoms with Gasteiger partial charge in [-0.25, -0.2) is 0 Å². The minimum absolute atomic E-state index is 0.185. The molecule has 0 aliphatic rings. The second-order valence-corrected chi connectivity index (χ2v) is 5.98. The highest BCUT2D eigenvalue weighted by atomic mass is 35.5. The zero-order valence-electron chi connectivity index (χ0n) is 10.3. The highest BCUT2D eigenvalue weighted by Crippen LogP contribution is 2.61. The van der Waals surface area contributed by atoms with Crippen molar-refractivity contribution in [1.29, 1.82) is 0 Å². The fraction of sp³-hybridized carbons (Fsp3) is 0.417. The van der Waals surface area contributed by atoms with Gasteiger partial charge in [0.15, 0.2) is 5.66 Å². The van der Waals surface area contributed by atoms with Crippen LogP contribution in [-0.4, -0.2) is 18.5 Å². The van der Waals surface area contributed by atoms with E-state index in [0.717, 1.165) is 0 Å². The van der Waals surface area contributed by atoms with Gasteiger partial charge in [0.05, 0.1) is 13.2 Å². The molecule has 18 heavy (non-hydrogen) atoms. The van der Waals surface area contributed by atoms with E-state index in [1.807, 2.05) is 0 Å². The van der Waals surface area contributed by atoms with Gasteiger partial charge in [-0.3, -0.25) is 9.36 Å². The number of rotatable bonds is 7. The lowest BCUT2D eigenvalue weighted by Crippen LogP contribution is -2.12. The third kappa shape index (κ3) is 3.66. The normalized spacial score (nSPS) is 13.3. The molecule has 4 nitrogen and oxygen atoms in total. The lowest BCUT2D eigenvalue weighted by atomic mass is 10.2. The number of hydrogen-bond acceptors (Lipinski definition) is 4. The van der Waals surface area contributed by atoms with E-state index >= 15 is 0 Å². The van der Waals surface area contributed by atoms with Crippen LogP contribution in [0.3, 0.4) is 0 Å². The molecule has 100 valence electrons. The summed E-state index contributed by atoms with van der Waals surface area (Å²) in [6, 6.07) is 8.63. The molecule has 1 aromatic carbocycles. The van der Waals surface area contributed by atoms with Crippen LogP contribution in [0.25, 0.3) is 0 Å². The first kappa shape index (κ1) is 15.4. The van der Waals surface area contributed by atoms with E-state index in [2.05, 4.69) is 0 Å². The number of carbonyl (C=O) groups excluding carboxylic acids is 1. The van der Waals surface area contributed by atoms with Gasteiger partial charge >= 0.3 is 7.60 Å². The quantitative estimate of drug-likeness (QED) is 0.567. The predicted molar refractivity (Wildman–Crippen MR) is 70.9 cm³/mol. The van der Waals surface area contributed by atoms with Gasteiger partial charge in [0.1, 0.15) is 0 Å². The van der Waals surface area contributed by atoms with Gasteiger partial charge in [0.25, 0.3) is 0 Å². The highest BCUT2D eigenvalue weighted by Gasteiger charge is 2.41. The van der Waals surface area contributed by atoms with Crippen molar-refractivity contribution < 1.29 is 18.4 Å². The fourth-order valence-corrected chi connectivity index (χ4v) is 3.98. The Kier molecular flexibility index (Phi) is 6.03. The van der Waals surface area contributed by atoms with Crippen LogP contribution in [0.2, 0.25) is 0 Å². The summed E-state index contributed by atoms with van der Waals surface area (Å²) < 4.78 is 23.0. The van der Waals surface area contributed by atoms with Crippen molar-refractivity contribution in [3.05, 3.63) is 35.9 Å². The first-order chi connectivity index (χ1) is 8.55. The summed E-state index contributed by atoms with van der Waals surface area (Å²) in [5.41, 5.74) is -0.553. The minimum Gasteiger partial charge on any atom is -0.308 e. The van der Waals surface area contributed by atoms with E-state index in [4.69, 9.17) is 20.6 Å². The maximum atomic E-state index is 12.6. The van der Waals surface area contributed by atoms with E-state index in [9.17, 15) is 9.36 Å². The van der Waals surface area contributed by atoms with E-state index in [-0.39, 0.29) is 13.2 Å². The summed E-state index contributed by atoms with van der Waals surface area (Å²) in [5.74, 6) is 0. The van der Waals surface area contributed by atoms with Crippen LogP contribution in [0, 0.1) is 0 Å². The molecule has 0 bridgehead atoms. The second-order valence-electron chi connectivity index (χ2n) is 3.49. The standard InChI is InChI=1S/C12H16ClO4P/c1-3-16-18(15,17-4-2)11(12(13)14)10-8-6-5-7-9-10/h5-9,11H,3-4H2,1-2H3. The maximum Gasteiger partial charge on any atom is 0.346 e. The number of benzene rings is 1. The molecule has 0 N–H and O–H groups in total. The van der Waals surface area contributed by atoms with E-state index in [1.165, 1.54) is 0 Å². The molecule has 0 heterocycles. The number of carbonyl (C=O) groups is 1. The Hall–Kier alpha value is -0.670. The molecular formula is C12H16ClO4P. The minimum atomic E-state index is -3.59. The molecule has 0 aliphatic heterocycles. The second kappa shape index (κ2) is 7.05. The number of halogens is 1. The van der Waals surface area contributed by atoms with Gasteiger partial charge in [-0.15, -0.1) is 0 Å². The van der Waals surface area contributed by atoms with Crippen molar-refractivity contribution in [2.75, 3.05) is 13.2 Å². The Morgan fingerprint density at radius 2 is 1.72 bits per heavy atom. The zero-order chi connectivity index (χ0) is 13.6. The van der Waals surface area contributed by atoms with E-state index in [1.54, 1.807) is 44.2 Å². The Labute approximate surface area is 112 Å². The molecule has 0 spiro atoms. The van der Waals surface area contributed by atoms with Crippen molar-refractivity contribution in [2.45, 2.75) is 19.5 Å². The first-order valence-corrected chi connectivity index (χ1v) is 7.67. The van der Waals surface area contributed by atoms with Crippen molar-refractivity contribution >= 4 is 24.4 Å². The molecule has 0 fully saturated rings. The van der Waals surface area contributed by atoms with Gasteiger partial charge < -0.3 is 9.05 Å². The van der Waals surface area contributed by atoms with Gasteiger partial charge in [0, 0.05) is 0 Å². The van der Waals surface area contributed by atoms with Crippen molar-refractivity contribution in [2.24, 2.45) is 0 Å². The molecule has 1 aromatic rings. The van der Waals surface area contributed by atoms with Crippen LogP contribution in [-0.2, 0) is 18.4 Å². The molecule has 1 rings (SSSR count). The van der Waals surface area contributed by atoms with Crippen molar-refractivity contribution in [3.63, 3.8) is 0 Å². The molecule has 0 aliphatic carbocycles. The molecular weight excluding hydrogens is 275 g/mol. The number of hydrogen-bond donors (Lipinski definition) is 0. The third-order valence-electron chi connectivity index (χ3n) is 2.26. The van der Waals surface area contributed by atoms with Gasteiger partial charge in [0.2, 0.25) is 5.24 Å². The largest absolute Gasteiger partial charge is 0.346 e. The molecule has 0 radical (unpaired) electrons. The lowest BCUT2D eigenvalue weighted by molar-refractivity contribution is -0.111. The molecule has 6 heteroatoms. The van der Waals surface area contributed by atoms with E-state index < -0.39 is 18.5 Å². The van der Waals surface area contributed by atoms with Crippen LogP contribution in [0.1, 0.15) is 25.1 Å². The van der Waals surface area contributed by atoms with Crippen LogP contribution < -0.4 is 0 Å². The van der Waals surface area contributed by atoms with Crippen molar-refractivity contribution in [1.82, 2.24) is 0 Å². The summed E-state index contributed by atoms with van der Waals surface area (Å²) in [6.07, 6.45) is 0. The zero-order valence-corrected chi connectivity index (χ0v) is 12.0. The molecule has 0 amide bonds. The van der Waals surface area contributed by atoms with Crippen LogP contribution in [0.5, 0.6) is 0 Å². The summed E-state index contributed by atoms with van der Waals surface area (Å²) in [5, 5.41) is -0.744. The first-order valence-electron chi connectivity index (χ1n) is 5.68. The SMILES string of the molecule is CCOP(=O)(OCC)C(C(=O)Cl)c1ccccc1. The molecule has 0 saturated carbocycles. The Morgan fingerprint density at radius 3 is 2.11 bits per heavy atom. The monoisotopic (exact) mass is 290 g/mol. The Morgan fingerprint density at radius 1 is 1.22 bits per heavy atom. The average Bonchev–Trinajstić information content (AvgIpc) is 2.30. The average molecular weight is 291 g/mol. The van der Waals surface area contributed by atoms with Gasteiger partial charge in [-0.2, -0.15) is 0 Å². The Balaban J connectivity index is 3.18. The van der Waals surface area contributed by atoms with Gasteiger partial charge in [-0.1, -0.05) is 30.3 Å². The van der Waals surface area contributed by atoms with Crippen LogP contribution >= 0.6 is 19.2 Å². The highest BCUT2D eigenvalue weighted by molar-refractivity contribution is 7.55. The predicted octanol–water partition coefficient (Wildman–Crippen LogP) is 3.76. The smallest absolute Gasteiger partial charge is 0.308 e. The topological polar surface area (TPSA) is 52.6 Å². The van der Waals surface area contributed by atoms with Crippen molar-refractivity contribution in [3.8, 4) is 0 Å². The maximum absolute atomic E-state index is 12.6. The van der Waals surface area contributed by atoms with Crippen LogP contribution in [0.4, 0.5) is 0 Å². The molecule has 1 atom stereocenters. The lowest BCUT2D eigenvalue weighted by Gasteiger charge is -2.23. The van der Waals surface area contributed by atoms with Gasteiger partial charge in [-0.05, 0) is 31.0 Å². The third-order valence-corrected chi connectivity index (χ3v) is 5.04. The summed E-state index contributed by atoms with van der Waals surface area (Å²) >= 11 is 5.56. The summed E-state index contributed by atoms with van der Waals surface area (Å²) in [6.45, 7) is 3.74. The van der Waals surface area contributed by atoms with E-state index in [0.29, 0.717) is 5.56 Å². The molecule has 0 aromatic heterocycles. The summed E-state index contributed by atoms with van der Waals surface area (Å²) in [7, 11) is -3.59. The summed E-state index contributed by atoms with van der Waals surface area (Å²) in [4.78, 5) is 11.6. The molecule has 0 saturated heterocycles. The fourth-order valence-electron chi connectivity index (χ4n) is 1.62. The molecule has 1 unspecified atom stereocenters.